The third-order valence-corrected chi connectivity index (χ3v) is 4.49. The van der Waals surface area contributed by atoms with Gasteiger partial charge in [0.2, 0.25) is 5.89 Å². The summed E-state index contributed by atoms with van der Waals surface area (Å²) in [6.45, 7) is 2.99. The first-order valence-electron chi connectivity index (χ1n) is 8.97. The Kier molecular flexibility index (Phi) is 5.12. The van der Waals surface area contributed by atoms with E-state index >= 15 is 0 Å². The maximum absolute atomic E-state index is 13.0. The highest BCUT2D eigenvalue weighted by atomic mass is 19.1. The van der Waals surface area contributed by atoms with Gasteiger partial charge in [0, 0.05) is 19.2 Å². The molecule has 1 fully saturated rings. The van der Waals surface area contributed by atoms with Crippen molar-refractivity contribution >= 4 is 5.91 Å². The van der Waals surface area contributed by atoms with Crippen LogP contribution in [0.25, 0.3) is 0 Å². The van der Waals surface area contributed by atoms with Gasteiger partial charge >= 0.3 is 0 Å². The fourth-order valence-corrected chi connectivity index (χ4v) is 3.00. The minimum atomic E-state index is -0.446. The smallest absolute Gasteiger partial charge is 0.274 e. The quantitative estimate of drug-likeness (QED) is 0.690. The molecule has 144 valence electrons. The Morgan fingerprint density at radius 2 is 2.00 bits per heavy atom. The van der Waals surface area contributed by atoms with E-state index in [0.717, 1.165) is 11.3 Å². The summed E-state index contributed by atoms with van der Waals surface area (Å²) in [6, 6.07) is 6.23. The van der Waals surface area contributed by atoms with Gasteiger partial charge in [-0.2, -0.15) is 0 Å². The highest BCUT2D eigenvalue weighted by Crippen LogP contribution is 2.24. The molecule has 0 unspecified atom stereocenters. The summed E-state index contributed by atoms with van der Waals surface area (Å²) in [5, 5.41) is 0. The number of carbonyl (C=O) groups excluding carboxylic acids is 1. The number of oxazole rings is 1. The van der Waals surface area contributed by atoms with E-state index in [0.29, 0.717) is 43.5 Å². The number of carbonyl (C=O) groups is 1. The Labute approximate surface area is 161 Å². The summed E-state index contributed by atoms with van der Waals surface area (Å²) in [6.07, 6.45) is 4.74. The first-order chi connectivity index (χ1) is 13.6. The maximum atomic E-state index is 13.0. The number of morpholine rings is 1. The first kappa shape index (κ1) is 18.2. The van der Waals surface area contributed by atoms with Gasteiger partial charge in [-0.15, -0.1) is 0 Å². The number of benzene rings is 1. The molecule has 3 heterocycles. The molecule has 1 aliphatic heterocycles. The topological polar surface area (TPSA) is 81.4 Å². The Bertz CT molecular complexity index is 956. The molecule has 0 bridgehead atoms. The number of aryl methyl sites for hydroxylation is 1. The van der Waals surface area contributed by atoms with Crippen LogP contribution in [-0.2, 0) is 11.2 Å². The van der Waals surface area contributed by atoms with Gasteiger partial charge in [-0.05, 0) is 24.6 Å². The number of rotatable bonds is 4. The molecule has 2 aromatic heterocycles. The lowest BCUT2D eigenvalue weighted by Crippen LogP contribution is -2.42. The van der Waals surface area contributed by atoms with E-state index in [1.165, 1.54) is 18.3 Å². The highest BCUT2D eigenvalue weighted by molar-refractivity contribution is 5.92. The van der Waals surface area contributed by atoms with E-state index in [1.54, 1.807) is 29.4 Å². The molecule has 4 rings (SSSR count). The van der Waals surface area contributed by atoms with Crippen molar-refractivity contribution in [2.45, 2.75) is 19.4 Å². The lowest BCUT2D eigenvalue weighted by Gasteiger charge is -2.31. The molecule has 0 radical (unpaired) electrons. The summed E-state index contributed by atoms with van der Waals surface area (Å²) in [5.74, 6) is 0.599. The van der Waals surface area contributed by atoms with Crippen molar-refractivity contribution < 1.29 is 18.3 Å². The maximum Gasteiger partial charge on any atom is 0.274 e. The molecule has 3 aromatic rings. The highest BCUT2D eigenvalue weighted by Gasteiger charge is 2.29. The predicted octanol–water partition coefficient (Wildman–Crippen LogP) is 2.72. The summed E-state index contributed by atoms with van der Waals surface area (Å²) in [7, 11) is 0. The van der Waals surface area contributed by atoms with Gasteiger partial charge in [0.05, 0.1) is 31.2 Å². The average Bonchev–Trinajstić information content (AvgIpc) is 3.18. The number of aromatic nitrogens is 3. The minimum Gasteiger partial charge on any atom is -0.442 e. The van der Waals surface area contributed by atoms with Crippen molar-refractivity contribution in [3.05, 3.63) is 77.3 Å². The predicted molar refractivity (Wildman–Crippen MR) is 97.1 cm³/mol. The number of ether oxygens (including phenoxy) is 1. The van der Waals surface area contributed by atoms with Crippen LogP contribution in [-0.4, -0.2) is 45.5 Å². The number of halogens is 1. The number of nitrogens with zero attached hydrogens (tertiary/aromatic N) is 4. The van der Waals surface area contributed by atoms with Crippen LogP contribution in [0.3, 0.4) is 0 Å². The van der Waals surface area contributed by atoms with E-state index in [1.807, 2.05) is 6.92 Å². The van der Waals surface area contributed by atoms with Crippen molar-refractivity contribution in [2.24, 2.45) is 0 Å². The van der Waals surface area contributed by atoms with Crippen molar-refractivity contribution in [1.82, 2.24) is 19.9 Å². The summed E-state index contributed by atoms with van der Waals surface area (Å²) in [4.78, 5) is 26.9. The van der Waals surface area contributed by atoms with Crippen molar-refractivity contribution in [3.63, 3.8) is 0 Å². The van der Waals surface area contributed by atoms with E-state index < -0.39 is 6.10 Å². The van der Waals surface area contributed by atoms with Gasteiger partial charge in [-0.3, -0.25) is 9.78 Å². The molecule has 7 nitrogen and oxygen atoms in total. The molecule has 0 N–H and O–H groups in total. The molecule has 1 atom stereocenters. The zero-order valence-corrected chi connectivity index (χ0v) is 15.3. The van der Waals surface area contributed by atoms with E-state index in [2.05, 4.69) is 15.0 Å². The second-order valence-electron chi connectivity index (χ2n) is 6.62. The van der Waals surface area contributed by atoms with Crippen LogP contribution in [0, 0.1) is 12.7 Å². The Hall–Kier alpha value is -3.13. The summed E-state index contributed by atoms with van der Waals surface area (Å²) in [5.41, 5.74) is 1.98. The Morgan fingerprint density at radius 1 is 1.18 bits per heavy atom. The molecule has 1 aromatic carbocycles. The monoisotopic (exact) mass is 382 g/mol. The fraction of sp³-hybridized carbons (Fsp3) is 0.300. The number of hydrogen-bond donors (Lipinski definition) is 0. The standard InChI is InChI=1S/C20H19FN4O3/c1-13-9-23-17(11-22-13)20(26)25-6-7-27-18(12-25)19-24-10-16(28-19)8-14-2-4-15(21)5-3-14/h2-5,9-11,18H,6-8,12H2,1H3/t18-/m1/s1. The molecule has 0 aliphatic carbocycles. The van der Waals surface area contributed by atoms with E-state index in [4.69, 9.17) is 9.15 Å². The number of amides is 1. The Morgan fingerprint density at radius 3 is 2.75 bits per heavy atom. The van der Waals surface area contributed by atoms with E-state index in [9.17, 15) is 9.18 Å². The molecule has 1 amide bonds. The van der Waals surface area contributed by atoms with Crippen LogP contribution in [0.1, 0.15) is 39.5 Å². The SMILES string of the molecule is Cc1cnc(C(=O)N2CCO[C@@H](c3ncc(Cc4ccc(F)cc4)o3)C2)cn1. The van der Waals surface area contributed by atoms with Crippen LogP contribution in [0.5, 0.6) is 0 Å². The molecular formula is C20H19FN4O3. The van der Waals surface area contributed by atoms with Crippen LogP contribution < -0.4 is 0 Å². The lowest BCUT2D eigenvalue weighted by atomic mass is 10.1. The number of hydrogen-bond acceptors (Lipinski definition) is 6. The molecule has 28 heavy (non-hydrogen) atoms. The molecular weight excluding hydrogens is 363 g/mol. The third-order valence-electron chi connectivity index (χ3n) is 4.49. The van der Waals surface area contributed by atoms with Gasteiger partial charge in [0.25, 0.3) is 5.91 Å². The zero-order valence-electron chi connectivity index (χ0n) is 15.3. The third kappa shape index (κ3) is 4.07. The van der Waals surface area contributed by atoms with Gasteiger partial charge in [-0.25, -0.2) is 14.4 Å². The first-order valence-corrected chi connectivity index (χ1v) is 8.97. The normalized spacial score (nSPS) is 16.9. The van der Waals surface area contributed by atoms with Gasteiger partial charge in [-0.1, -0.05) is 12.1 Å². The van der Waals surface area contributed by atoms with Crippen molar-refractivity contribution in [2.75, 3.05) is 19.7 Å². The molecule has 8 heteroatoms. The second-order valence-corrected chi connectivity index (χ2v) is 6.62. The Balaban J connectivity index is 1.43. The molecule has 1 saturated heterocycles. The fourth-order valence-electron chi connectivity index (χ4n) is 3.00. The van der Waals surface area contributed by atoms with Crippen LogP contribution in [0.4, 0.5) is 4.39 Å². The minimum absolute atomic E-state index is 0.195. The van der Waals surface area contributed by atoms with Gasteiger partial charge in [0.1, 0.15) is 17.3 Å². The molecule has 0 spiro atoms. The lowest BCUT2D eigenvalue weighted by molar-refractivity contribution is -0.0351. The zero-order chi connectivity index (χ0) is 19.5. The van der Waals surface area contributed by atoms with Crippen LogP contribution in [0.15, 0.2) is 47.3 Å². The van der Waals surface area contributed by atoms with Crippen LogP contribution >= 0.6 is 0 Å². The second kappa shape index (κ2) is 7.85. The van der Waals surface area contributed by atoms with Gasteiger partial charge < -0.3 is 14.1 Å². The van der Waals surface area contributed by atoms with Crippen molar-refractivity contribution in [1.29, 1.82) is 0 Å². The largest absolute Gasteiger partial charge is 0.442 e. The van der Waals surface area contributed by atoms with Gasteiger partial charge in [0.15, 0.2) is 6.10 Å². The molecule has 0 saturated carbocycles. The summed E-state index contributed by atoms with van der Waals surface area (Å²) >= 11 is 0. The summed E-state index contributed by atoms with van der Waals surface area (Å²) < 4.78 is 24.6. The van der Waals surface area contributed by atoms with E-state index in [-0.39, 0.29) is 11.7 Å². The van der Waals surface area contributed by atoms with Crippen molar-refractivity contribution in [3.8, 4) is 0 Å². The van der Waals surface area contributed by atoms with Crippen LogP contribution in [0.2, 0.25) is 0 Å². The average molecular weight is 382 g/mol. The molecule has 1 aliphatic rings.